The Morgan fingerprint density at radius 2 is 1.85 bits per heavy atom. The molecule has 0 aromatic heterocycles. The number of ether oxygens (including phenoxy) is 2. The molecule has 0 saturated heterocycles. The molecular formula is C10H21O3. The summed E-state index contributed by atoms with van der Waals surface area (Å²) in [4.78, 5) is 0. The first-order valence-corrected chi connectivity index (χ1v) is 5.17. The summed E-state index contributed by atoms with van der Waals surface area (Å²) in [6.45, 7) is 6.63. The van der Waals surface area contributed by atoms with Gasteiger partial charge in [-0.25, -0.2) is 5.11 Å². The Kier molecular flexibility index (Phi) is 8.40. The lowest BCUT2D eigenvalue weighted by atomic mass is 10.3. The van der Waals surface area contributed by atoms with Gasteiger partial charge in [-0.05, 0) is 12.8 Å². The van der Waals surface area contributed by atoms with Crippen LogP contribution < -0.4 is 0 Å². The minimum absolute atomic E-state index is 0.311. The fraction of sp³-hybridized carbons (Fsp3) is 1.00. The summed E-state index contributed by atoms with van der Waals surface area (Å²) in [6, 6.07) is 0. The van der Waals surface area contributed by atoms with Gasteiger partial charge in [0.2, 0.25) is 0 Å². The van der Waals surface area contributed by atoms with Crippen molar-refractivity contribution in [2.45, 2.75) is 59.0 Å². The topological polar surface area (TPSA) is 38.4 Å². The maximum atomic E-state index is 11.2. The average Bonchev–Trinajstić information content (AvgIpc) is 2.12. The molecule has 0 spiro atoms. The monoisotopic (exact) mass is 189 g/mol. The third-order valence-corrected chi connectivity index (χ3v) is 1.67. The fourth-order valence-corrected chi connectivity index (χ4v) is 0.976. The minimum atomic E-state index is -0.924. The second-order valence-electron chi connectivity index (χ2n) is 3.06. The van der Waals surface area contributed by atoms with Crippen molar-refractivity contribution in [2.75, 3.05) is 6.61 Å². The molecule has 0 N–H and O–H groups in total. The van der Waals surface area contributed by atoms with Gasteiger partial charge in [0.25, 0.3) is 0 Å². The molecule has 0 fully saturated rings. The highest BCUT2D eigenvalue weighted by Gasteiger charge is 2.13. The van der Waals surface area contributed by atoms with E-state index in [-0.39, 0.29) is 6.29 Å². The molecule has 1 radical (unpaired) electrons. The molecular weight excluding hydrogens is 168 g/mol. The van der Waals surface area contributed by atoms with Crippen LogP contribution in [0.25, 0.3) is 0 Å². The van der Waals surface area contributed by atoms with Crippen LogP contribution >= 0.6 is 0 Å². The third kappa shape index (κ3) is 6.99. The average molecular weight is 189 g/mol. The van der Waals surface area contributed by atoms with E-state index >= 15 is 0 Å². The third-order valence-electron chi connectivity index (χ3n) is 1.67. The Morgan fingerprint density at radius 1 is 1.15 bits per heavy atom. The Morgan fingerprint density at radius 3 is 2.31 bits per heavy atom. The lowest BCUT2D eigenvalue weighted by Crippen LogP contribution is -2.23. The molecule has 0 heterocycles. The summed E-state index contributed by atoms with van der Waals surface area (Å²) in [6.07, 6.45) is 1.88. The maximum Gasteiger partial charge on any atom is 0.194 e. The van der Waals surface area contributed by atoms with Crippen LogP contribution in [-0.4, -0.2) is 19.2 Å². The molecule has 0 amide bonds. The van der Waals surface area contributed by atoms with E-state index in [2.05, 4.69) is 0 Å². The van der Waals surface area contributed by atoms with E-state index in [1.165, 1.54) is 0 Å². The van der Waals surface area contributed by atoms with E-state index in [0.717, 1.165) is 19.3 Å². The molecule has 79 valence electrons. The zero-order valence-corrected chi connectivity index (χ0v) is 8.91. The zero-order chi connectivity index (χ0) is 10.1. The predicted molar refractivity (Wildman–Crippen MR) is 50.8 cm³/mol. The van der Waals surface area contributed by atoms with Crippen molar-refractivity contribution in [3.8, 4) is 0 Å². The maximum absolute atomic E-state index is 11.2. The molecule has 0 rings (SSSR count). The van der Waals surface area contributed by atoms with Gasteiger partial charge in [0, 0.05) is 13.0 Å². The number of hydrogen-bond acceptors (Lipinski definition) is 2. The van der Waals surface area contributed by atoms with Gasteiger partial charge in [0.1, 0.15) is 0 Å². The highest BCUT2D eigenvalue weighted by atomic mass is 16.7. The highest BCUT2D eigenvalue weighted by molar-refractivity contribution is 4.44. The van der Waals surface area contributed by atoms with Gasteiger partial charge < -0.3 is 9.47 Å². The van der Waals surface area contributed by atoms with E-state index in [0.29, 0.717) is 13.0 Å². The van der Waals surface area contributed by atoms with Crippen molar-refractivity contribution < 1.29 is 14.6 Å². The van der Waals surface area contributed by atoms with Crippen LogP contribution in [0.15, 0.2) is 0 Å². The Bertz CT molecular complexity index is 106. The molecule has 2 atom stereocenters. The molecule has 0 aliphatic carbocycles. The van der Waals surface area contributed by atoms with Gasteiger partial charge in [-0.2, -0.15) is 0 Å². The molecule has 0 aliphatic heterocycles. The summed E-state index contributed by atoms with van der Waals surface area (Å²) in [5.74, 6) is 0. The molecule has 13 heavy (non-hydrogen) atoms. The molecule has 0 bridgehead atoms. The first kappa shape index (κ1) is 12.9. The molecule has 0 aliphatic rings. The van der Waals surface area contributed by atoms with Gasteiger partial charge in [0.05, 0.1) is 0 Å². The van der Waals surface area contributed by atoms with Crippen LogP contribution in [0.3, 0.4) is 0 Å². The Balaban J connectivity index is 3.56. The van der Waals surface area contributed by atoms with Crippen LogP contribution in [0.1, 0.15) is 46.5 Å². The Hall–Kier alpha value is -0.120. The predicted octanol–water partition coefficient (Wildman–Crippen LogP) is 2.72. The smallest absolute Gasteiger partial charge is 0.194 e. The summed E-state index contributed by atoms with van der Waals surface area (Å²) in [7, 11) is 0. The van der Waals surface area contributed by atoms with Gasteiger partial charge in [-0.15, -0.1) is 0 Å². The molecule has 0 aromatic rings. The van der Waals surface area contributed by atoms with Crippen molar-refractivity contribution in [3.05, 3.63) is 0 Å². The van der Waals surface area contributed by atoms with Crippen LogP contribution in [0, 0.1) is 0 Å². The normalized spacial score (nSPS) is 15.7. The summed E-state index contributed by atoms with van der Waals surface area (Å²) >= 11 is 0. The van der Waals surface area contributed by atoms with Crippen LogP contribution in [0.5, 0.6) is 0 Å². The molecule has 3 nitrogen and oxygen atoms in total. The highest BCUT2D eigenvalue weighted by Crippen LogP contribution is 2.07. The van der Waals surface area contributed by atoms with Crippen molar-refractivity contribution in [3.63, 3.8) is 0 Å². The van der Waals surface area contributed by atoms with Crippen molar-refractivity contribution >= 4 is 0 Å². The van der Waals surface area contributed by atoms with Crippen molar-refractivity contribution in [2.24, 2.45) is 0 Å². The quantitative estimate of drug-likeness (QED) is 0.551. The zero-order valence-electron chi connectivity index (χ0n) is 8.91. The first-order valence-electron chi connectivity index (χ1n) is 5.17. The minimum Gasteiger partial charge on any atom is -0.353 e. The Labute approximate surface area is 81.0 Å². The second-order valence-corrected chi connectivity index (χ2v) is 3.06. The SMILES string of the molecule is CCCOC(CC)OC([O])CCC. The standard InChI is InChI=1S/C10H21O3/c1-4-7-9(11)13-10(6-3)12-8-5-2/h9-10H,4-8H2,1-3H3. The number of rotatable bonds is 8. The van der Waals surface area contributed by atoms with E-state index in [1.807, 2.05) is 20.8 Å². The summed E-state index contributed by atoms with van der Waals surface area (Å²) in [5.41, 5.74) is 0. The van der Waals surface area contributed by atoms with E-state index in [4.69, 9.17) is 9.47 Å². The largest absolute Gasteiger partial charge is 0.353 e. The van der Waals surface area contributed by atoms with E-state index in [9.17, 15) is 5.11 Å². The van der Waals surface area contributed by atoms with Crippen LogP contribution in [-0.2, 0) is 14.6 Å². The van der Waals surface area contributed by atoms with Crippen molar-refractivity contribution in [1.82, 2.24) is 0 Å². The lowest BCUT2D eigenvalue weighted by Gasteiger charge is -2.18. The van der Waals surface area contributed by atoms with Crippen LogP contribution in [0.4, 0.5) is 0 Å². The van der Waals surface area contributed by atoms with Gasteiger partial charge >= 0.3 is 0 Å². The molecule has 2 unspecified atom stereocenters. The second kappa shape index (κ2) is 8.48. The lowest BCUT2D eigenvalue weighted by molar-refractivity contribution is -0.249. The molecule has 0 saturated carbocycles. The summed E-state index contributed by atoms with van der Waals surface area (Å²) in [5, 5.41) is 11.2. The first-order chi connectivity index (χ1) is 6.24. The molecule has 3 heteroatoms. The van der Waals surface area contributed by atoms with Gasteiger partial charge in [0.15, 0.2) is 12.6 Å². The van der Waals surface area contributed by atoms with Crippen molar-refractivity contribution in [1.29, 1.82) is 0 Å². The van der Waals surface area contributed by atoms with Crippen LogP contribution in [0.2, 0.25) is 0 Å². The fourth-order valence-electron chi connectivity index (χ4n) is 0.976. The van der Waals surface area contributed by atoms with Gasteiger partial charge in [-0.1, -0.05) is 27.2 Å². The van der Waals surface area contributed by atoms with Gasteiger partial charge in [-0.3, -0.25) is 0 Å². The number of hydrogen-bond donors (Lipinski definition) is 0. The van der Waals surface area contributed by atoms with E-state index < -0.39 is 6.29 Å². The summed E-state index contributed by atoms with van der Waals surface area (Å²) < 4.78 is 10.5. The van der Waals surface area contributed by atoms with E-state index in [1.54, 1.807) is 0 Å². The molecule has 0 aromatic carbocycles.